The summed E-state index contributed by atoms with van der Waals surface area (Å²) >= 11 is 0. The third-order valence-corrected chi connectivity index (χ3v) is 4.30. The molecule has 3 rings (SSSR count). The van der Waals surface area contributed by atoms with Crippen molar-refractivity contribution in [1.29, 1.82) is 0 Å². The van der Waals surface area contributed by atoms with Crippen LogP contribution in [0.2, 0.25) is 0 Å². The fourth-order valence-corrected chi connectivity index (χ4v) is 3.18. The zero-order valence-corrected chi connectivity index (χ0v) is 12.2. The van der Waals surface area contributed by atoms with Gasteiger partial charge in [-0.2, -0.15) is 0 Å². The average molecular weight is 276 g/mol. The van der Waals surface area contributed by atoms with E-state index in [9.17, 15) is 0 Å². The molecule has 2 aliphatic rings. The van der Waals surface area contributed by atoms with E-state index in [4.69, 9.17) is 9.47 Å². The first-order valence-electron chi connectivity index (χ1n) is 7.64. The number of piperidine rings is 1. The first-order valence-corrected chi connectivity index (χ1v) is 7.64. The van der Waals surface area contributed by atoms with Crippen molar-refractivity contribution >= 4 is 0 Å². The summed E-state index contributed by atoms with van der Waals surface area (Å²) < 4.78 is 10.8. The van der Waals surface area contributed by atoms with Crippen molar-refractivity contribution < 1.29 is 9.47 Å². The van der Waals surface area contributed by atoms with Crippen molar-refractivity contribution in [3.05, 3.63) is 23.8 Å². The molecular weight excluding hydrogens is 252 g/mol. The second-order valence-electron chi connectivity index (χ2n) is 5.70. The van der Waals surface area contributed by atoms with Crippen LogP contribution in [0.4, 0.5) is 0 Å². The molecule has 0 aromatic heterocycles. The Kier molecular flexibility index (Phi) is 4.43. The second kappa shape index (κ2) is 6.46. The average Bonchev–Trinajstić information content (AvgIpc) is 2.94. The highest BCUT2D eigenvalue weighted by molar-refractivity contribution is 5.44. The highest BCUT2D eigenvalue weighted by Gasteiger charge is 2.22. The van der Waals surface area contributed by atoms with Gasteiger partial charge in [-0.25, -0.2) is 0 Å². The molecule has 0 bridgehead atoms. The van der Waals surface area contributed by atoms with Gasteiger partial charge in [-0.1, -0.05) is 12.5 Å². The number of benzene rings is 1. The second-order valence-corrected chi connectivity index (χ2v) is 5.70. The van der Waals surface area contributed by atoms with E-state index in [1.165, 1.54) is 37.8 Å². The molecule has 1 saturated heterocycles. The Bertz CT molecular complexity index is 450. The van der Waals surface area contributed by atoms with Gasteiger partial charge in [0.1, 0.15) is 0 Å². The van der Waals surface area contributed by atoms with Gasteiger partial charge in [0.15, 0.2) is 11.5 Å². The van der Waals surface area contributed by atoms with Crippen LogP contribution >= 0.6 is 0 Å². The van der Waals surface area contributed by atoms with Crippen molar-refractivity contribution in [2.75, 3.05) is 26.9 Å². The minimum absolute atomic E-state index is 0.354. The summed E-state index contributed by atoms with van der Waals surface area (Å²) in [6, 6.07) is 7.04. The fraction of sp³-hybridized carbons (Fsp3) is 0.625. The van der Waals surface area contributed by atoms with E-state index < -0.39 is 0 Å². The number of hydrogen-bond acceptors (Lipinski definition) is 4. The monoisotopic (exact) mass is 276 g/mol. The SMILES string of the molecule is CNCCC1CCCCN1Cc1ccc2c(c1)OCO2. The summed E-state index contributed by atoms with van der Waals surface area (Å²) in [5, 5.41) is 3.27. The van der Waals surface area contributed by atoms with Gasteiger partial charge < -0.3 is 14.8 Å². The minimum atomic E-state index is 0.354. The molecule has 1 unspecified atom stereocenters. The number of ether oxygens (including phenoxy) is 2. The van der Waals surface area contributed by atoms with E-state index in [0.29, 0.717) is 12.8 Å². The van der Waals surface area contributed by atoms with Crippen LogP contribution in [0.1, 0.15) is 31.2 Å². The molecule has 1 atom stereocenters. The first kappa shape index (κ1) is 13.7. The minimum Gasteiger partial charge on any atom is -0.454 e. The Balaban J connectivity index is 1.65. The molecule has 1 N–H and O–H groups in total. The zero-order chi connectivity index (χ0) is 13.8. The number of fused-ring (bicyclic) bond motifs is 1. The van der Waals surface area contributed by atoms with Crippen LogP contribution in [-0.2, 0) is 6.54 Å². The Morgan fingerprint density at radius 2 is 2.15 bits per heavy atom. The lowest BCUT2D eigenvalue weighted by atomic mass is 9.98. The molecule has 20 heavy (non-hydrogen) atoms. The van der Waals surface area contributed by atoms with Crippen molar-refractivity contribution in [3.8, 4) is 11.5 Å². The molecule has 4 nitrogen and oxygen atoms in total. The van der Waals surface area contributed by atoms with Gasteiger partial charge in [-0.05, 0) is 57.1 Å². The van der Waals surface area contributed by atoms with E-state index in [0.717, 1.165) is 24.6 Å². The molecular formula is C16H24N2O2. The number of nitrogens with one attached hydrogen (secondary N) is 1. The Labute approximate surface area is 121 Å². The maximum absolute atomic E-state index is 5.47. The fourth-order valence-electron chi connectivity index (χ4n) is 3.18. The molecule has 110 valence electrons. The molecule has 1 aromatic rings. The largest absolute Gasteiger partial charge is 0.454 e. The lowest BCUT2D eigenvalue weighted by Crippen LogP contribution is -2.40. The summed E-state index contributed by atoms with van der Waals surface area (Å²) in [7, 11) is 2.03. The number of hydrogen-bond donors (Lipinski definition) is 1. The van der Waals surface area contributed by atoms with Crippen molar-refractivity contribution in [2.45, 2.75) is 38.3 Å². The smallest absolute Gasteiger partial charge is 0.231 e. The van der Waals surface area contributed by atoms with Crippen LogP contribution < -0.4 is 14.8 Å². The highest BCUT2D eigenvalue weighted by Crippen LogP contribution is 2.33. The molecule has 0 spiro atoms. The van der Waals surface area contributed by atoms with Gasteiger partial charge in [-0.3, -0.25) is 4.90 Å². The van der Waals surface area contributed by atoms with Gasteiger partial charge in [0.05, 0.1) is 0 Å². The van der Waals surface area contributed by atoms with Crippen LogP contribution in [0, 0.1) is 0 Å². The molecule has 4 heteroatoms. The number of nitrogens with zero attached hydrogens (tertiary/aromatic N) is 1. The van der Waals surface area contributed by atoms with Gasteiger partial charge in [0.2, 0.25) is 6.79 Å². The molecule has 2 aliphatic heterocycles. The molecule has 2 heterocycles. The maximum Gasteiger partial charge on any atom is 0.231 e. The quantitative estimate of drug-likeness (QED) is 0.895. The van der Waals surface area contributed by atoms with E-state index in [-0.39, 0.29) is 0 Å². The van der Waals surface area contributed by atoms with Gasteiger partial charge >= 0.3 is 0 Å². The summed E-state index contributed by atoms with van der Waals surface area (Å²) in [4.78, 5) is 2.62. The van der Waals surface area contributed by atoms with Crippen LogP contribution in [-0.4, -0.2) is 37.9 Å². The zero-order valence-electron chi connectivity index (χ0n) is 12.2. The lowest BCUT2D eigenvalue weighted by Gasteiger charge is -2.36. The number of rotatable bonds is 5. The molecule has 0 radical (unpaired) electrons. The van der Waals surface area contributed by atoms with E-state index in [2.05, 4.69) is 22.3 Å². The Morgan fingerprint density at radius 1 is 1.25 bits per heavy atom. The predicted molar refractivity (Wildman–Crippen MR) is 79.2 cm³/mol. The Morgan fingerprint density at radius 3 is 3.05 bits per heavy atom. The van der Waals surface area contributed by atoms with Crippen LogP contribution in [0.15, 0.2) is 18.2 Å². The van der Waals surface area contributed by atoms with Crippen molar-refractivity contribution in [2.24, 2.45) is 0 Å². The summed E-state index contributed by atoms with van der Waals surface area (Å²) in [5.74, 6) is 1.77. The predicted octanol–water partition coefficient (Wildman–Crippen LogP) is 2.38. The molecule has 0 saturated carbocycles. The number of likely N-dealkylation sites (tertiary alicyclic amines) is 1. The van der Waals surface area contributed by atoms with Crippen molar-refractivity contribution in [1.82, 2.24) is 10.2 Å². The Hall–Kier alpha value is -1.26. The standard InChI is InChI=1S/C16H24N2O2/c1-17-8-7-14-4-2-3-9-18(14)11-13-5-6-15-16(10-13)20-12-19-15/h5-6,10,14,17H,2-4,7-9,11-12H2,1H3. The van der Waals surface area contributed by atoms with Gasteiger partial charge in [0.25, 0.3) is 0 Å². The van der Waals surface area contributed by atoms with Gasteiger partial charge in [-0.15, -0.1) is 0 Å². The van der Waals surface area contributed by atoms with Gasteiger partial charge in [0, 0.05) is 12.6 Å². The molecule has 1 fully saturated rings. The normalized spacial score (nSPS) is 22.1. The van der Waals surface area contributed by atoms with Crippen LogP contribution in [0.3, 0.4) is 0 Å². The van der Waals surface area contributed by atoms with E-state index in [1.807, 2.05) is 13.1 Å². The summed E-state index contributed by atoms with van der Waals surface area (Å²) in [5.41, 5.74) is 1.32. The third kappa shape index (κ3) is 3.07. The summed E-state index contributed by atoms with van der Waals surface area (Å²) in [6.45, 7) is 3.68. The molecule has 0 amide bonds. The third-order valence-electron chi connectivity index (χ3n) is 4.30. The van der Waals surface area contributed by atoms with Crippen LogP contribution in [0.5, 0.6) is 11.5 Å². The van der Waals surface area contributed by atoms with Crippen LogP contribution in [0.25, 0.3) is 0 Å². The maximum atomic E-state index is 5.47. The van der Waals surface area contributed by atoms with E-state index in [1.54, 1.807) is 0 Å². The lowest BCUT2D eigenvalue weighted by molar-refractivity contribution is 0.132. The van der Waals surface area contributed by atoms with Crippen molar-refractivity contribution in [3.63, 3.8) is 0 Å². The topological polar surface area (TPSA) is 33.7 Å². The molecule has 1 aromatic carbocycles. The summed E-state index contributed by atoms with van der Waals surface area (Å²) in [6.07, 6.45) is 5.25. The highest BCUT2D eigenvalue weighted by atomic mass is 16.7. The van der Waals surface area contributed by atoms with E-state index >= 15 is 0 Å². The molecule has 0 aliphatic carbocycles. The first-order chi connectivity index (χ1) is 9.86.